The van der Waals surface area contributed by atoms with Crippen LogP contribution < -0.4 is 0 Å². The molecule has 56 valence electrons. The fourth-order valence-corrected chi connectivity index (χ4v) is 1.21. The molecule has 3 nitrogen and oxygen atoms in total. The second kappa shape index (κ2) is 2.78. The highest BCUT2D eigenvalue weighted by Crippen LogP contribution is 2.09. The summed E-state index contributed by atoms with van der Waals surface area (Å²) in [5.74, 6) is 0. The molecule has 3 heteroatoms. The van der Waals surface area contributed by atoms with Crippen LogP contribution in [-0.4, -0.2) is 22.2 Å². The highest BCUT2D eigenvalue weighted by Gasteiger charge is 2.08. The Morgan fingerprint density at radius 3 is 3.00 bits per heavy atom. The maximum Gasteiger partial charge on any atom is 0.116 e. The van der Waals surface area contributed by atoms with Crippen molar-refractivity contribution < 1.29 is 0 Å². The van der Waals surface area contributed by atoms with Crippen molar-refractivity contribution in [2.75, 3.05) is 6.54 Å². The zero-order chi connectivity index (χ0) is 7.52. The number of nitrogens with zero attached hydrogens (tertiary/aromatic N) is 3. The van der Waals surface area contributed by atoms with Crippen molar-refractivity contribution in [3.8, 4) is 0 Å². The molecule has 1 aliphatic heterocycles. The lowest BCUT2D eigenvalue weighted by Crippen LogP contribution is -1.98. The third kappa shape index (κ3) is 1.27. The smallest absolute Gasteiger partial charge is 0.116 e. The van der Waals surface area contributed by atoms with E-state index in [1.807, 2.05) is 6.07 Å². The van der Waals surface area contributed by atoms with E-state index in [9.17, 15) is 0 Å². The summed E-state index contributed by atoms with van der Waals surface area (Å²) in [6.45, 7) is 0.958. The van der Waals surface area contributed by atoms with Gasteiger partial charge in [0.1, 0.15) is 6.33 Å². The Bertz CT molecular complexity index is 266. The van der Waals surface area contributed by atoms with Crippen molar-refractivity contribution in [1.29, 1.82) is 0 Å². The lowest BCUT2D eigenvalue weighted by molar-refractivity contribution is 0.950. The SMILES string of the molecule is c1cc(C2=NCCC2)ncn1. The molecule has 0 saturated heterocycles. The van der Waals surface area contributed by atoms with E-state index < -0.39 is 0 Å². The molecule has 1 aromatic heterocycles. The van der Waals surface area contributed by atoms with Crippen molar-refractivity contribution in [3.05, 3.63) is 24.3 Å². The van der Waals surface area contributed by atoms with Gasteiger partial charge in [0.05, 0.1) is 11.4 Å². The van der Waals surface area contributed by atoms with Crippen LogP contribution in [0.1, 0.15) is 18.5 Å². The first-order valence-corrected chi connectivity index (χ1v) is 3.76. The Balaban J connectivity index is 2.29. The van der Waals surface area contributed by atoms with Gasteiger partial charge >= 0.3 is 0 Å². The molecule has 0 saturated carbocycles. The Kier molecular flexibility index (Phi) is 1.63. The molecule has 0 N–H and O–H groups in total. The number of hydrogen-bond acceptors (Lipinski definition) is 3. The summed E-state index contributed by atoms with van der Waals surface area (Å²) in [7, 11) is 0. The fourth-order valence-electron chi connectivity index (χ4n) is 1.21. The summed E-state index contributed by atoms with van der Waals surface area (Å²) in [5.41, 5.74) is 2.12. The predicted octanol–water partition coefficient (Wildman–Crippen LogP) is 1.06. The largest absolute Gasteiger partial charge is 0.288 e. The molecule has 0 unspecified atom stereocenters. The second-order valence-corrected chi connectivity index (χ2v) is 2.53. The topological polar surface area (TPSA) is 38.1 Å². The molecule has 2 heterocycles. The highest BCUT2D eigenvalue weighted by molar-refractivity contribution is 5.99. The van der Waals surface area contributed by atoms with E-state index in [-0.39, 0.29) is 0 Å². The Morgan fingerprint density at radius 1 is 1.36 bits per heavy atom. The van der Waals surface area contributed by atoms with Gasteiger partial charge in [-0.2, -0.15) is 0 Å². The van der Waals surface area contributed by atoms with Gasteiger partial charge in [0, 0.05) is 12.7 Å². The van der Waals surface area contributed by atoms with Crippen LogP contribution >= 0.6 is 0 Å². The minimum atomic E-state index is 0.958. The van der Waals surface area contributed by atoms with Gasteiger partial charge in [-0.1, -0.05) is 0 Å². The summed E-state index contributed by atoms with van der Waals surface area (Å²) in [6.07, 6.45) is 5.55. The van der Waals surface area contributed by atoms with E-state index in [4.69, 9.17) is 0 Å². The zero-order valence-corrected chi connectivity index (χ0v) is 6.20. The van der Waals surface area contributed by atoms with Crippen LogP contribution in [0.2, 0.25) is 0 Å². The van der Waals surface area contributed by atoms with Gasteiger partial charge < -0.3 is 0 Å². The molecule has 0 aliphatic carbocycles. The Morgan fingerprint density at radius 2 is 2.36 bits per heavy atom. The molecule has 11 heavy (non-hydrogen) atoms. The van der Waals surface area contributed by atoms with Gasteiger partial charge in [0.2, 0.25) is 0 Å². The summed E-state index contributed by atoms with van der Waals surface area (Å²) < 4.78 is 0. The van der Waals surface area contributed by atoms with Crippen LogP contribution in [0.5, 0.6) is 0 Å². The second-order valence-electron chi connectivity index (χ2n) is 2.53. The minimum Gasteiger partial charge on any atom is -0.288 e. The highest BCUT2D eigenvalue weighted by atomic mass is 14.9. The van der Waals surface area contributed by atoms with E-state index in [0.717, 1.165) is 24.4 Å². The molecule has 0 bridgehead atoms. The molecule has 0 fully saturated rings. The van der Waals surface area contributed by atoms with Crippen LogP contribution in [0.4, 0.5) is 0 Å². The van der Waals surface area contributed by atoms with Gasteiger partial charge in [-0.3, -0.25) is 4.99 Å². The van der Waals surface area contributed by atoms with Crippen LogP contribution in [0, 0.1) is 0 Å². The molecule has 1 aromatic rings. The molecule has 0 atom stereocenters. The van der Waals surface area contributed by atoms with Crippen molar-refractivity contribution in [3.63, 3.8) is 0 Å². The molecular formula is C8H9N3. The van der Waals surface area contributed by atoms with Crippen molar-refractivity contribution in [2.24, 2.45) is 4.99 Å². The van der Waals surface area contributed by atoms with Gasteiger partial charge in [-0.05, 0) is 18.9 Å². The maximum atomic E-state index is 4.33. The molecule has 1 aliphatic rings. The monoisotopic (exact) mass is 147 g/mol. The zero-order valence-electron chi connectivity index (χ0n) is 6.20. The first kappa shape index (κ1) is 6.46. The van der Waals surface area contributed by atoms with Gasteiger partial charge in [-0.25, -0.2) is 9.97 Å². The first-order chi connectivity index (χ1) is 5.47. The maximum absolute atomic E-state index is 4.33. The Hall–Kier alpha value is -1.25. The van der Waals surface area contributed by atoms with Gasteiger partial charge in [0.25, 0.3) is 0 Å². The third-order valence-electron chi connectivity index (χ3n) is 1.75. The minimum absolute atomic E-state index is 0.958. The van der Waals surface area contributed by atoms with Crippen molar-refractivity contribution in [1.82, 2.24) is 9.97 Å². The van der Waals surface area contributed by atoms with E-state index >= 15 is 0 Å². The standard InChI is InChI=1S/C8H9N3/c1-2-7(10-4-1)8-3-5-9-6-11-8/h3,5-6H,1-2,4H2. The van der Waals surface area contributed by atoms with E-state index in [2.05, 4.69) is 15.0 Å². The van der Waals surface area contributed by atoms with Crippen molar-refractivity contribution in [2.45, 2.75) is 12.8 Å². The first-order valence-electron chi connectivity index (χ1n) is 3.76. The van der Waals surface area contributed by atoms with Crippen LogP contribution in [0.25, 0.3) is 0 Å². The van der Waals surface area contributed by atoms with E-state index in [1.165, 1.54) is 6.42 Å². The molecule has 0 amide bonds. The van der Waals surface area contributed by atoms with E-state index in [0.29, 0.717) is 0 Å². The van der Waals surface area contributed by atoms with Gasteiger partial charge in [0.15, 0.2) is 0 Å². The average molecular weight is 147 g/mol. The Labute approximate surface area is 65.2 Å². The van der Waals surface area contributed by atoms with Gasteiger partial charge in [-0.15, -0.1) is 0 Å². The summed E-state index contributed by atoms with van der Waals surface area (Å²) in [4.78, 5) is 12.3. The quantitative estimate of drug-likeness (QED) is 0.595. The molecule has 2 rings (SSSR count). The lowest BCUT2D eigenvalue weighted by Gasteiger charge is -1.95. The number of aliphatic imine (C=N–C) groups is 1. The van der Waals surface area contributed by atoms with Crippen LogP contribution in [0.3, 0.4) is 0 Å². The van der Waals surface area contributed by atoms with Crippen LogP contribution in [-0.2, 0) is 0 Å². The number of hydrogen-bond donors (Lipinski definition) is 0. The van der Waals surface area contributed by atoms with Crippen LogP contribution in [0.15, 0.2) is 23.6 Å². The van der Waals surface area contributed by atoms with E-state index in [1.54, 1.807) is 12.5 Å². The van der Waals surface area contributed by atoms with Crippen molar-refractivity contribution >= 4 is 5.71 Å². The average Bonchev–Trinajstić information content (AvgIpc) is 2.58. The third-order valence-corrected chi connectivity index (χ3v) is 1.75. The summed E-state index contributed by atoms with van der Waals surface area (Å²) in [5, 5.41) is 0. The molecule has 0 aromatic carbocycles. The number of aromatic nitrogens is 2. The normalized spacial score (nSPS) is 16.5. The summed E-state index contributed by atoms with van der Waals surface area (Å²) in [6, 6.07) is 1.91. The molecular weight excluding hydrogens is 138 g/mol. The molecule has 0 radical (unpaired) electrons. The lowest BCUT2D eigenvalue weighted by atomic mass is 10.2. The predicted molar refractivity (Wildman–Crippen MR) is 42.7 cm³/mol. The summed E-state index contributed by atoms with van der Waals surface area (Å²) >= 11 is 0. The number of rotatable bonds is 1. The molecule has 0 spiro atoms. The fraction of sp³-hybridized carbons (Fsp3) is 0.375.